The number of hydrogen-bond acceptors (Lipinski definition) is 4. The third kappa shape index (κ3) is 2.35. The summed E-state index contributed by atoms with van der Waals surface area (Å²) in [6.45, 7) is 0.930. The van der Waals surface area contributed by atoms with Gasteiger partial charge in [0.1, 0.15) is 6.10 Å². The molecule has 70 valence electrons. The van der Waals surface area contributed by atoms with Crippen molar-refractivity contribution in [2.75, 3.05) is 19.8 Å². The topological polar surface area (TPSA) is 81.8 Å². The summed E-state index contributed by atoms with van der Waals surface area (Å²) in [5.74, 6) is -0.0359. The lowest BCUT2D eigenvalue weighted by atomic mass is 9.98. The number of aliphatic hydroxyl groups excluding tert-OH is 1. The average molecular weight is 175 g/mol. The minimum Gasteiger partial charge on any atom is -0.444 e. The molecule has 12 heavy (non-hydrogen) atoms. The maximum absolute atomic E-state index is 10.4. The molecule has 0 aromatic heterocycles. The molecule has 1 amide bonds. The van der Waals surface area contributed by atoms with Gasteiger partial charge in [-0.2, -0.15) is 0 Å². The summed E-state index contributed by atoms with van der Waals surface area (Å²) in [7, 11) is 0. The van der Waals surface area contributed by atoms with Crippen molar-refractivity contribution in [3.63, 3.8) is 0 Å². The minimum absolute atomic E-state index is 0.00130. The Bertz CT molecular complexity index is 161. The van der Waals surface area contributed by atoms with Crippen molar-refractivity contribution in [1.82, 2.24) is 0 Å². The Morgan fingerprint density at radius 1 is 1.75 bits per heavy atom. The second-order valence-corrected chi connectivity index (χ2v) is 2.78. The van der Waals surface area contributed by atoms with Crippen molar-refractivity contribution >= 4 is 6.09 Å². The molecular formula is C7H13NO4. The number of ether oxygens (including phenoxy) is 2. The van der Waals surface area contributed by atoms with Crippen LogP contribution in [0.1, 0.15) is 6.42 Å². The van der Waals surface area contributed by atoms with Gasteiger partial charge >= 0.3 is 6.09 Å². The molecule has 3 N–H and O–H groups in total. The van der Waals surface area contributed by atoms with Crippen molar-refractivity contribution < 1.29 is 19.4 Å². The lowest BCUT2D eigenvalue weighted by molar-refractivity contribution is -0.0625. The molecule has 0 aromatic carbocycles. The maximum Gasteiger partial charge on any atom is 0.404 e. The van der Waals surface area contributed by atoms with Gasteiger partial charge in [0, 0.05) is 19.1 Å². The minimum atomic E-state index is -0.816. The number of carbonyl (C=O) groups is 1. The zero-order valence-corrected chi connectivity index (χ0v) is 6.73. The number of aliphatic hydroxyl groups is 1. The molecular weight excluding hydrogens is 162 g/mol. The Labute approximate surface area is 70.4 Å². The Hall–Kier alpha value is -0.810. The number of amides is 1. The van der Waals surface area contributed by atoms with E-state index in [0.29, 0.717) is 19.6 Å². The number of primary amides is 1. The van der Waals surface area contributed by atoms with Gasteiger partial charge in [-0.25, -0.2) is 4.79 Å². The normalized spacial score (nSPS) is 29.8. The van der Waals surface area contributed by atoms with E-state index in [0.717, 1.165) is 0 Å². The molecule has 2 atom stereocenters. The SMILES string of the molecule is NC(=O)O[C@H]1COCC[C@H]1CO. The van der Waals surface area contributed by atoms with Gasteiger partial charge in [-0.05, 0) is 6.42 Å². The Morgan fingerprint density at radius 3 is 3.08 bits per heavy atom. The molecule has 5 nitrogen and oxygen atoms in total. The summed E-state index contributed by atoms with van der Waals surface area (Å²) in [6.07, 6.45) is -0.501. The quantitative estimate of drug-likeness (QED) is 0.591. The van der Waals surface area contributed by atoms with Crippen molar-refractivity contribution in [2.45, 2.75) is 12.5 Å². The highest BCUT2D eigenvalue weighted by molar-refractivity contribution is 5.64. The third-order valence-corrected chi connectivity index (χ3v) is 1.94. The van der Waals surface area contributed by atoms with Crippen LogP contribution in [-0.4, -0.2) is 37.1 Å². The maximum atomic E-state index is 10.4. The first-order valence-corrected chi connectivity index (χ1v) is 3.88. The van der Waals surface area contributed by atoms with Gasteiger partial charge in [0.05, 0.1) is 6.61 Å². The molecule has 1 saturated heterocycles. The fraction of sp³-hybridized carbons (Fsp3) is 0.857. The first-order chi connectivity index (χ1) is 5.74. The molecule has 0 unspecified atom stereocenters. The molecule has 0 aromatic rings. The van der Waals surface area contributed by atoms with Crippen LogP contribution in [0.2, 0.25) is 0 Å². The largest absolute Gasteiger partial charge is 0.444 e. The average Bonchev–Trinajstić information content (AvgIpc) is 2.04. The Kier molecular flexibility index (Phi) is 3.31. The number of nitrogens with two attached hydrogens (primary N) is 1. The Balaban J connectivity index is 2.41. The van der Waals surface area contributed by atoms with Crippen LogP contribution in [0, 0.1) is 5.92 Å². The Morgan fingerprint density at radius 2 is 2.50 bits per heavy atom. The van der Waals surface area contributed by atoms with E-state index in [9.17, 15) is 4.79 Å². The second-order valence-electron chi connectivity index (χ2n) is 2.78. The van der Waals surface area contributed by atoms with E-state index in [4.69, 9.17) is 20.3 Å². The van der Waals surface area contributed by atoms with Crippen LogP contribution >= 0.6 is 0 Å². The smallest absolute Gasteiger partial charge is 0.404 e. The number of hydrogen-bond donors (Lipinski definition) is 2. The van der Waals surface area contributed by atoms with E-state index in [-0.39, 0.29) is 18.6 Å². The molecule has 1 aliphatic heterocycles. The van der Waals surface area contributed by atoms with E-state index in [1.165, 1.54) is 0 Å². The summed E-state index contributed by atoms with van der Waals surface area (Å²) < 4.78 is 9.82. The van der Waals surface area contributed by atoms with E-state index >= 15 is 0 Å². The number of carbonyl (C=O) groups excluding carboxylic acids is 1. The molecule has 5 heteroatoms. The fourth-order valence-electron chi connectivity index (χ4n) is 1.24. The molecule has 0 radical (unpaired) electrons. The second kappa shape index (κ2) is 4.27. The zero-order chi connectivity index (χ0) is 8.97. The standard InChI is InChI=1S/C7H13NO4/c8-7(10)12-6-4-11-2-1-5(6)3-9/h5-6,9H,1-4H2,(H2,8,10)/t5-,6-/m0/s1. The van der Waals surface area contributed by atoms with Crippen LogP contribution < -0.4 is 5.73 Å². The highest BCUT2D eigenvalue weighted by Crippen LogP contribution is 2.17. The fourth-order valence-corrected chi connectivity index (χ4v) is 1.24. The van der Waals surface area contributed by atoms with Crippen molar-refractivity contribution in [3.05, 3.63) is 0 Å². The predicted octanol–water partition coefficient (Wildman–Crippen LogP) is -0.521. The highest BCUT2D eigenvalue weighted by Gasteiger charge is 2.27. The summed E-state index contributed by atoms with van der Waals surface area (Å²) in [4.78, 5) is 10.4. The summed E-state index contributed by atoms with van der Waals surface area (Å²) >= 11 is 0. The molecule has 0 saturated carbocycles. The number of rotatable bonds is 2. The molecule has 1 rings (SSSR count). The van der Waals surface area contributed by atoms with Gasteiger partial charge in [0.2, 0.25) is 0 Å². The lowest BCUT2D eigenvalue weighted by Crippen LogP contribution is -2.39. The molecule has 0 bridgehead atoms. The zero-order valence-electron chi connectivity index (χ0n) is 6.73. The van der Waals surface area contributed by atoms with Gasteiger partial charge in [-0.15, -0.1) is 0 Å². The van der Waals surface area contributed by atoms with E-state index < -0.39 is 6.09 Å². The lowest BCUT2D eigenvalue weighted by Gasteiger charge is -2.28. The molecule has 1 heterocycles. The highest BCUT2D eigenvalue weighted by atomic mass is 16.6. The van der Waals surface area contributed by atoms with Crippen LogP contribution in [-0.2, 0) is 9.47 Å². The molecule has 1 fully saturated rings. The van der Waals surface area contributed by atoms with Gasteiger partial charge in [-0.1, -0.05) is 0 Å². The predicted molar refractivity (Wildman–Crippen MR) is 40.5 cm³/mol. The van der Waals surface area contributed by atoms with Crippen LogP contribution in [0.3, 0.4) is 0 Å². The molecule has 1 aliphatic rings. The molecule has 0 spiro atoms. The monoisotopic (exact) mass is 175 g/mol. The van der Waals surface area contributed by atoms with Gasteiger partial charge < -0.3 is 20.3 Å². The van der Waals surface area contributed by atoms with Gasteiger partial charge in [0.15, 0.2) is 0 Å². The van der Waals surface area contributed by atoms with Crippen LogP contribution in [0.5, 0.6) is 0 Å². The van der Waals surface area contributed by atoms with Crippen LogP contribution in [0.25, 0.3) is 0 Å². The summed E-state index contributed by atoms with van der Waals surface area (Å²) in [5, 5.41) is 8.89. The first kappa shape index (κ1) is 9.28. The summed E-state index contributed by atoms with van der Waals surface area (Å²) in [5.41, 5.74) is 4.84. The van der Waals surface area contributed by atoms with Crippen LogP contribution in [0.4, 0.5) is 4.79 Å². The van der Waals surface area contributed by atoms with Crippen LogP contribution in [0.15, 0.2) is 0 Å². The van der Waals surface area contributed by atoms with Gasteiger partial charge in [-0.3, -0.25) is 0 Å². The van der Waals surface area contributed by atoms with E-state index in [1.54, 1.807) is 0 Å². The van der Waals surface area contributed by atoms with Crippen molar-refractivity contribution in [3.8, 4) is 0 Å². The molecule has 0 aliphatic carbocycles. The first-order valence-electron chi connectivity index (χ1n) is 3.88. The van der Waals surface area contributed by atoms with E-state index in [2.05, 4.69) is 0 Å². The van der Waals surface area contributed by atoms with Crippen molar-refractivity contribution in [1.29, 1.82) is 0 Å². The summed E-state index contributed by atoms with van der Waals surface area (Å²) in [6, 6.07) is 0. The van der Waals surface area contributed by atoms with Gasteiger partial charge in [0.25, 0.3) is 0 Å². The van der Waals surface area contributed by atoms with Crippen molar-refractivity contribution in [2.24, 2.45) is 11.7 Å². The third-order valence-electron chi connectivity index (χ3n) is 1.94. The van der Waals surface area contributed by atoms with E-state index in [1.807, 2.05) is 0 Å².